The average molecular weight is 495 g/mol. The molecule has 1 heterocycles. The van der Waals surface area contributed by atoms with Gasteiger partial charge in [0.25, 0.3) is 5.91 Å². The summed E-state index contributed by atoms with van der Waals surface area (Å²) < 4.78 is 4.77. The van der Waals surface area contributed by atoms with Crippen LogP contribution >= 0.6 is 0 Å². The number of phenolic OH excluding ortho intramolecular Hbond substituents is 1. The highest BCUT2D eigenvalue weighted by atomic mass is 16.5. The number of aliphatic hydroxyl groups is 1. The molecule has 7 nitrogen and oxygen atoms in total. The molecular weight excluding hydrogens is 468 g/mol. The zero-order valence-electron chi connectivity index (χ0n) is 20.5. The van der Waals surface area contributed by atoms with Gasteiger partial charge in [-0.15, -0.1) is 0 Å². The number of para-hydroxylation sites is 1. The Kier molecular flexibility index (Phi) is 6.06. The second-order valence-corrected chi connectivity index (χ2v) is 9.72. The Labute approximate surface area is 213 Å². The molecule has 0 radical (unpaired) electrons. The summed E-state index contributed by atoms with van der Waals surface area (Å²) in [5.74, 6) is 5.22. The smallest absolute Gasteiger partial charge is 0.366 e. The SMILES string of the molecule is Cc1ccc(C#CC(O)(CC2(c3ccccc3O)CC2)C(=O)Nc2ccc3c(=O)onc(C)c3c2)cc1. The van der Waals surface area contributed by atoms with Gasteiger partial charge in [-0.05, 0) is 63.1 Å². The number of rotatable bonds is 5. The summed E-state index contributed by atoms with van der Waals surface area (Å²) in [5.41, 5.74) is 0.125. The van der Waals surface area contributed by atoms with E-state index in [1.165, 1.54) is 0 Å². The van der Waals surface area contributed by atoms with Crippen molar-refractivity contribution in [3.63, 3.8) is 0 Å². The van der Waals surface area contributed by atoms with Crippen LogP contribution in [0.4, 0.5) is 5.69 Å². The number of benzene rings is 3. The van der Waals surface area contributed by atoms with E-state index >= 15 is 0 Å². The number of carbonyl (C=O) groups excluding carboxylic acids is 1. The summed E-state index contributed by atoms with van der Waals surface area (Å²) >= 11 is 0. The lowest BCUT2D eigenvalue weighted by molar-refractivity contribution is -0.130. The number of hydrogen-bond acceptors (Lipinski definition) is 6. The minimum absolute atomic E-state index is 0.0139. The molecule has 0 bridgehead atoms. The molecule has 3 N–H and O–H groups in total. The minimum atomic E-state index is -2.05. The van der Waals surface area contributed by atoms with Gasteiger partial charge in [0.2, 0.25) is 5.60 Å². The van der Waals surface area contributed by atoms with Gasteiger partial charge in [0, 0.05) is 34.0 Å². The third-order valence-corrected chi connectivity index (χ3v) is 6.92. The summed E-state index contributed by atoms with van der Waals surface area (Å²) in [6.07, 6.45) is 1.44. The van der Waals surface area contributed by atoms with E-state index in [9.17, 15) is 19.8 Å². The fourth-order valence-corrected chi connectivity index (χ4v) is 4.64. The summed E-state index contributed by atoms with van der Waals surface area (Å²) in [4.78, 5) is 25.6. The van der Waals surface area contributed by atoms with E-state index in [2.05, 4.69) is 22.3 Å². The Morgan fingerprint density at radius 3 is 2.51 bits per heavy atom. The number of aromatic hydroxyl groups is 1. The van der Waals surface area contributed by atoms with Crippen LogP contribution in [0.25, 0.3) is 10.8 Å². The van der Waals surface area contributed by atoms with Crippen molar-refractivity contribution < 1.29 is 19.5 Å². The number of nitrogens with one attached hydrogen (secondary N) is 1. The molecule has 1 aliphatic rings. The first kappa shape index (κ1) is 24.3. The molecule has 1 aliphatic carbocycles. The average Bonchev–Trinajstić information content (AvgIpc) is 3.66. The van der Waals surface area contributed by atoms with Gasteiger partial charge in [-0.25, -0.2) is 4.79 Å². The molecule has 37 heavy (non-hydrogen) atoms. The summed E-state index contributed by atoms with van der Waals surface area (Å²) in [5, 5.41) is 29.6. The predicted molar refractivity (Wildman–Crippen MR) is 140 cm³/mol. The van der Waals surface area contributed by atoms with Crippen molar-refractivity contribution in [1.29, 1.82) is 0 Å². The normalized spacial score (nSPS) is 15.3. The Hall–Kier alpha value is -4.41. The molecule has 5 rings (SSSR count). The van der Waals surface area contributed by atoms with E-state index in [0.29, 0.717) is 46.1 Å². The van der Waals surface area contributed by atoms with Crippen molar-refractivity contribution in [2.75, 3.05) is 5.32 Å². The van der Waals surface area contributed by atoms with Crippen LogP contribution in [0.3, 0.4) is 0 Å². The van der Waals surface area contributed by atoms with Crippen LogP contribution in [0.2, 0.25) is 0 Å². The van der Waals surface area contributed by atoms with Crippen molar-refractivity contribution in [2.45, 2.75) is 44.1 Å². The van der Waals surface area contributed by atoms with Crippen molar-refractivity contribution in [2.24, 2.45) is 0 Å². The summed E-state index contributed by atoms with van der Waals surface area (Å²) in [7, 11) is 0. The first-order chi connectivity index (χ1) is 17.7. The van der Waals surface area contributed by atoms with Crippen molar-refractivity contribution >= 4 is 22.4 Å². The van der Waals surface area contributed by atoms with E-state index in [0.717, 1.165) is 5.56 Å². The largest absolute Gasteiger partial charge is 0.508 e. The molecule has 1 amide bonds. The molecule has 4 aromatic rings. The van der Waals surface area contributed by atoms with Crippen molar-refractivity contribution in [3.05, 3.63) is 99.5 Å². The maximum absolute atomic E-state index is 13.6. The van der Waals surface area contributed by atoms with Crippen molar-refractivity contribution in [1.82, 2.24) is 5.16 Å². The number of aryl methyl sites for hydroxylation is 2. The quantitative estimate of drug-likeness (QED) is 0.356. The van der Waals surface area contributed by atoms with Gasteiger partial charge < -0.3 is 20.1 Å². The molecule has 1 unspecified atom stereocenters. The molecule has 1 atom stereocenters. The molecule has 0 saturated heterocycles. The summed E-state index contributed by atoms with van der Waals surface area (Å²) in [6, 6.07) is 19.2. The van der Waals surface area contributed by atoms with E-state index in [1.807, 2.05) is 43.3 Å². The zero-order chi connectivity index (χ0) is 26.2. The fraction of sp³-hybridized carbons (Fsp3) is 0.233. The Morgan fingerprint density at radius 2 is 1.81 bits per heavy atom. The maximum Gasteiger partial charge on any atom is 0.366 e. The fourth-order valence-electron chi connectivity index (χ4n) is 4.64. The van der Waals surface area contributed by atoms with Gasteiger partial charge in [0.15, 0.2) is 0 Å². The van der Waals surface area contributed by atoms with Gasteiger partial charge >= 0.3 is 5.63 Å². The molecule has 0 spiro atoms. The lowest BCUT2D eigenvalue weighted by Gasteiger charge is -2.27. The van der Waals surface area contributed by atoms with Crippen LogP contribution in [-0.2, 0) is 10.2 Å². The number of nitrogens with zero attached hydrogens (tertiary/aromatic N) is 1. The van der Waals surface area contributed by atoms with Gasteiger partial charge in [-0.3, -0.25) is 4.79 Å². The van der Waals surface area contributed by atoms with Crippen LogP contribution in [0.5, 0.6) is 5.75 Å². The topological polar surface area (TPSA) is 113 Å². The molecule has 186 valence electrons. The highest BCUT2D eigenvalue weighted by Crippen LogP contribution is 2.55. The first-order valence-corrected chi connectivity index (χ1v) is 12.0. The monoisotopic (exact) mass is 494 g/mol. The van der Waals surface area contributed by atoms with Crippen LogP contribution < -0.4 is 10.9 Å². The highest BCUT2D eigenvalue weighted by molar-refractivity contribution is 6.01. The molecule has 0 aliphatic heterocycles. The van der Waals surface area contributed by atoms with E-state index in [-0.39, 0.29) is 12.2 Å². The lowest BCUT2D eigenvalue weighted by Crippen LogP contribution is -2.44. The Balaban J connectivity index is 1.51. The number of hydrogen-bond donors (Lipinski definition) is 3. The number of fused-ring (bicyclic) bond motifs is 1. The van der Waals surface area contributed by atoms with Crippen LogP contribution in [0.1, 0.15) is 41.6 Å². The van der Waals surface area contributed by atoms with Gasteiger partial charge in [-0.1, -0.05) is 52.9 Å². The van der Waals surface area contributed by atoms with E-state index < -0.39 is 22.5 Å². The number of phenols is 1. The van der Waals surface area contributed by atoms with Crippen molar-refractivity contribution in [3.8, 4) is 17.6 Å². The Bertz CT molecular complexity index is 1620. The van der Waals surface area contributed by atoms with E-state index in [1.54, 1.807) is 37.3 Å². The number of anilines is 1. The molecule has 7 heteroatoms. The lowest BCUT2D eigenvalue weighted by atomic mass is 9.82. The standard InChI is InChI=1S/C30H26N2O5/c1-19-7-9-21(10-8-19)13-14-30(36,18-29(15-16-29)25-5-3-4-6-26(25)33)28(35)31-22-11-12-23-24(17-22)20(2)32-37-27(23)34/h3-12,17,33,36H,15-16,18H2,1-2H3,(H,31,35). The van der Waals surface area contributed by atoms with Crippen LogP contribution in [0, 0.1) is 25.7 Å². The number of carbonyl (C=O) groups is 1. The second-order valence-electron chi connectivity index (χ2n) is 9.72. The predicted octanol–water partition coefficient (Wildman–Crippen LogP) is 4.35. The first-order valence-electron chi connectivity index (χ1n) is 12.0. The Morgan fingerprint density at radius 1 is 1.08 bits per heavy atom. The maximum atomic E-state index is 13.6. The second kappa shape index (κ2) is 9.23. The molecular formula is C30H26N2O5. The summed E-state index contributed by atoms with van der Waals surface area (Å²) in [6.45, 7) is 3.67. The third-order valence-electron chi connectivity index (χ3n) is 6.92. The van der Waals surface area contributed by atoms with Crippen LogP contribution in [0.15, 0.2) is 76.0 Å². The number of aromatic nitrogens is 1. The minimum Gasteiger partial charge on any atom is -0.508 e. The van der Waals surface area contributed by atoms with Crippen LogP contribution in [-0.4, -0.2) is 26.9 Å². The number of amides is 1. The molecule has 1 aromatic heterocycles. The van der Waals surface area contributed by atoms with Gasteiger partial charge in [0.05, 0.1) is 11.1 Å². The molecule has 3 aromatic carbocycles. The zero-order valence-corrected chi connectivity index (χ0v) is 20.5. The molecule has 1 fully saturated rings. The van der Waals surface area contributed by atoms with E-state index in [4.69, 9.17) is 4.52 Å². The third kappa shape index (κ3) is 4.84. The highest BCUT2D eigenvalue weighted by Gasteiger charge is 2.53. The van der Waals surface area contributed by atoms with Gasteiger partial charge in [0.1, 0.15) is 5.75 Å². The van der Waals surface area contributed by atoms with Gasteiger partial charge in [-0.2, -0.15) is 0 Å². The molecule has 1 saturated carbocycles.